The van der Waals surface area contributed by atoms with E-state index in [2.05, 4.69) is 26.6 Å². The van der Waals surface area contributed by atoms with Gasteiger partial charge in [-0.2, -0.15) is 5.26 Å². The Morgan fingerprint density at radius 2 is 1.78 bits per heavy atom. The number of carbonyl (C=O) groups is 2. The third-order valence-corrected chi connectivity index (χ3v) is 5.91. The maximum Gasteiger partial charge on any atom is 0.266 e. The molecule has 3 aromatic carbocycles. The highest BCUT2D eigenvalue weighted by molar-refractivity contribution is 9.10. The van der Waals surface area contributed by atoms with E-state index in [-0.39, 0.29) is 17.9 Å². The summed E-state index contributed by atoms with van der Waals surface area (Å²) in [5, 5.41) is 15.3. The van der Waals surface area contributed by atoms with Crippen LogP contribution in [0.1, 0.15) is 18.1 Å². The quantitative estimate of drug-likeness (QED) is 0.220. The molecule has 0 aromatic heterocycles. The van der Waals surface area contributed by atoms with E-state index in [0.717, 1.165) is 5.56 Å². The highest BCUT2D eigenvalue weighted by atomic mass is 79.9. The van der Waals surface area contributed by atoms with Crippen LogP contribution in [0.2, 0.25) is 5.02 Å². The Balaban J connectivity index is 1.76. The largest absolute Gasteiger partial charge is 0.490 e. The molecule has 0 atom stereocenters. The summed E-state index contributed by atoms with van der Waals surface area (Å²) in [6.07, 6.45) is 1.38. The van der Waals surface area contributed by atoms with Crippen LogP contribution < -0.4 is 20.1 Å². The molecule has 190 valence electrons. The molecule has 0 aliphatic rings. The van der Waals surface area contributed by atoms with Gasteiger partial charge >= 0.3 is 0 Å². The molecule has 10 heteroatoms. The third-order valence-electron chi connectivity index (χ3n) is 4.91. The van der Waals surface area contributed by atoms with Crippen molar-refractivity contribution in [2.45, 2.75) is 13.8 Å². The van der Waals surface area contributed by atoms with Crippen LogP contribution in [0, 0.1) is 24.1 Å². The lowest BCUT2D eigenvalue weighted by molar-refractivity contribution is -0.118. The molecule has 0 spiro atoms. The first-order valence-electron chi connectivity index (χ1n) is 11.0. The molecular weight excluding hydrogens is 565 g/mol. The Morgan fingerprint density at radius 1 is 1.08 bits per heavy atom. The Morgan fingerprint density at radius 3 is 2.43 bits per heavy atom. The van der Waals surface area contributed by atoms with E-state index in [0.29, 0.717) is 38.8 Å². The molecule has 0 saturated carbocycles. The van der Waals surface area contributed by atoms with E-state index in [1.165, 1.54) is 30.3 Å². The zero-order valence-electron chi connectivity index (χ0n) is 19.9. The summed E-state index contributed by atoms with van der Waals surface area (Å²) >= 11 is 9.51. The summed E-state index contributed by atoms with van der Waals surface area (Å²) in [4.78, 5) is 25.0. The Kier molecular flexibility index (Phi) is 9.66. The lowest BCUT2D eigenvalue weighted by Crippen LogP contribution is -2.20. The number of carbonyl (C=O) groups excluding carboxylic acids is 2. The van der Waals surface area contributed by atoms with Crippen molar-refractivity contribution in [2.24, 2.45) is 0 Å². The molecule has 0 bridgehead atoms. The monoisotopic (exact) mass is 585 g/mol. The van der Waals surface area contributed by atoms with Crippen molar-refractivity contribution in [3.63, 3.8) is 0 Å². The molecule has 3 aromatic rings. The van der Waals surface area contributed by atoms with Crippen LogP contribution in [-0.2, 0) is 9.59 Å². The van der Waals surface area contributed by atoms with Crippen LogP contribution >= 0.6 is 27.5 Å². The maximum atomic E-state index is 13.1. The zero-order chi connectivity index (χ0) is 26.9. The van der Waals surface area contributed by atoms with Gasteiger partial charge in [-0.3, -0.25) is 9.59 Å². The number of aryl methyl sites for hydroxylation is 1. The Hall–Kier alpha value is -3.87. The van der Waals surface area contributed by atoms with Gasteiger partial charge in [0.1, 0.15) is 17.5 Å². The second kappa shape index (κ2) is 12.9. The summed E-state index contributed by atoms with van der Waals surface area (Å²) in [7, 11) is 0. The van der Waals surface area contributed by atoms with Gasteiger partial charge in [-0.05, 0) is 95.5 Å². The fourth-order valence-corrected chi connectivity index (χ4v) is 3.88. The molecule has 7 nitrogen and oxygen atoms in total. The second-order valence-corrected chi connectivity index (χ2v) is 8.96. The number of ether oxygens (including phenoxy) is 2. The third kappa shape index (κ3) is 7.81. The van der Waals surface area contributed by atoms with Crippen LogP contribution in [0.25, 0.3) is 6.08 Å². The van der Waals surface area contributed by atoms with Crippen LogP contribution in [0.5, 0.6) is 11.5 Å². The lowest BCUT2D eigenvalue weighted by Gasteiger charge is -2.15. The molecule has 2 N–H and O–H groups in total. The second-order valence-electron chi connectivity index (χ2n) is 7.69. The Bertz CT molecular complexity index is 1390. The number of nitrogens with one attached hydrogen (secondary N) is 2. The van der Waals surface area contributed by atoms with E-state index in [1.54, 1.807) is 37.3 Å². The van der Waals surface area contributed by atoms with Crippen LogP contribution in [0.3, 0.4) is 0 Å². The first-order chi connectivity index (χ1) is 17.7. The van der Waals surface area contributed by atoms with Gasteiger partial charge in [0, 0.05) is 16.4 Å². The van der Waals surface area contributed by atoms with Gasteiger partial charge in [0.2, 0.25) is 0 Å². The fourth-order valence-electron chi connectivity index (χ4n) is 3.13. The minimum Gasteiger partial charge on any atom is -0.490 e. The number of amides is 2. The summed E-state index contributed by atoms with van der Waals surface area (Å²) in [6, 6.07) is 15.4. The fraction of sp³-hybridized carbons (Fsp3) is 0.148. The number of anilines is 2. The summed E-state index contributed by atoms with van der Waals surface area (Å²) < 4.78 is 24.9. The van der Waals surface area contributed by atoms with Gasteiger partial charge in [-0.1, -0.05) is 17.7 Å². The predicted molar refractivity (Wildman–Crippen MR) is 144 cm³/mol. The van der Waals surface area contributed by atoms with Gasteiger partial charge in [-0.15, -0.1) is 0 Å². The normalized spacial score (nSPS) is 10.9. The standard InChI is InChI=1S/C27H22BrClFN3O4/c1-3-36-24-12-17(10-18(14-31)27(35)33-20-8-5-19(30)6-9-20)11-22(28)26(24)37-15-25(34)32-21-7-4-16(2)23(29)13-21/h4-13H,3,15H2,1-2H3,(H,32,34)(H,33,35)/b18-10+. The van der Waals surface area contributed by atoms with E-state index in [9.17, 15) is 19.2 Å². The molecule has 0 radical (unpaired) electrons. The van der Waals surface area contributed by atoms with Gasteiger partial charge in [0.05, 0.1) is 11.1 Å². The van der Waals surface area contributed by atoms with Crippen LogP contribution in [-0.4, -0.2) is 25.0 Å². The average Bonchev–Trinajstić information content (AvgIpc) is 2.85. The molecule has 2 amide bonds. The van der Waals surface area contributed by atoms with Crippen molar-refractivity contribution in [1.29, 1.82) is 5.26 Å². The van der Waals surface area contributed by atoms with Gasteiger partial charge < -0.3 is 20.1 Å². The molecule has 3 rings (SSSR count). The number of halogens is 3. The highest BCUT2D eigenvalue weighted by Crippen LogP contribution is 2.37. The van der Waals surface area contributed by atoms with Crippen molar-refractivity contribution in [3.05, 3.63) is 86.6 Å². The van der Waals surface area contributed by atoms with Crippen molar-refractivity contribution in [2.75, 3.05) is 23.8 Å². The number of benzene rings is 3. The molecule has 0 saturated heterocycles. The van der Waals surface area contributed by atoms with Crippen molar-refractivity contribution in [1.82, 2.24) is 0 Å². The molecular formula is C27H22BrClFN3O4. The van der Waals surface area contributed by atoms with Gasteiger partial charge in [-0.25, -0.2) is 4.39 Å². The molecule has 0 heterocycles. The minimum absolute atomic E-state index is 0.177. The number of rotatable bonds is 9. The molecule has 0 unspecified atom stereocenters. The van der Waals surface area contributed by atoms with Crippen molar-refractivity contribution in [3.8, 4) is 17.6 Å². The zero-order valence-corrected chi connectivity index (χ0v) is 22.2. The molecule has 0 aliphatic heterocycles. The number of hydrogen-bond acceptors (Lipinski definition) is 5. The number of nitrogens with zero attached hydrogens (tertiary/aromatic N) is 1. The molecule has 0 fully saturated rings. The molecule has 0 aliphatic carbocycles. The summed E-state index contributed by atoms with van der Waals surface area (Å²) in [6.45, 7) is 3.65. The topological polar surface area (TPSA) is 100 Å². The van der Waals surface area contributed by atoms with Gasteiger partial charge in [0.25, 0.3) is 11.8 Å². The highest BCUT2D eigenvalue weighted by Gasteiger charge is 2.16. The molecule has 37 heavy (non-hydrogen) atoms. The van der Waals surface area contributed by atoms with E-state index >= 15 is 0 Å². The van der Waals surface area contributed by atoms with Crippen LogP contribution in [0.15, 0.2) is 64.6 Å². The Labute approximate surface area is 227 Å². The lowest BCUT2D eigenvalue weighted by atomic mass is 10.1. The van der Waals surface area contributed by atoms with Crippen molar-refractivity contribution < 1.29 is 23.5 Å². The van der Waals surface area contributed by atoms with Gasteiger partial charge in [0.15, 0.2) is 18.1 Å². The van der Waals surface area contributed by atoms with E-state index < -0.39 is 17.6 Å². The minimum atomic E-state index is -0.656. The average molecular weight is 587 g/mol. The first kappa shape index (κ1) is 27.7. The first-order valence-corrected chi connectivity index (χ1v) is 12.2. The maximum absolute atomic E-state index is 13.1. The summed E-state index contributed by atoms with van der Waals surface area (Å²) in [5.41, 5.74) is 2.08. The van der Waals surface area contributed by atoms with Crippen LogP contribution in [0.4, 0.5) is 15.8 Å². The number of hydrogen-bond donors (Lipinski definition) is 2. The van der Waals surface area contributed by atoms with E-state index in [1.807, 2.05) is 13.0 Å². The SMILES string of the molecule is CCOc1cc(/C=C(\C#N)C(=O)Nc2ccc(F)cc2)cc(Br)c1OCC(=O)Nc1ccc(C)c(Cl)c1. The summed E-state index contributed by atoms with van der Waals surface area (Å²) in [5.74, 6) is -0.906. The van der Waals surface area contributed by atoms with E-state index in [4.69, 9.17) is 21.1 Å². The smallest absolute Gasteiger partial charge is 0.266 e. The predicted octanol–water partition coefficient (Wildman–Crippen LogP) is 6.51. The van der Waals surface area contributed by atoms with Crippen molar-refractivity contribution >= 4 is 56.8 Å². The number of nitriles is 1.